The Hall–Kier alpha value is -2.06. The van der Waals surface area contributed by atoms with Crippen LogP contribution in [0.15, 0.2) is 35.5 Å². The molecule has 0 spiro atoms. The average Bonchev–Trinajstić information content (AvgIpc) is 3.09. The quantitative estimate of drug-likeness (QED) is 0.698. The molecule has 8 heteroatoms. The molecular formula is C19H27N5O2S. The summed E-state index contributed by atoms with van der Waals surface area (Å²) in [6.07, 6.45) is 0.925. The zero-order valence-electron chi connectivity index (χ0n) is 15.9. The molecule has 1 amide bonds. The van der Waals surface area contributed by atoms with Crippen molar-refractivity contribution in [1.29, 1.82) is 0 Å². The first kappa shape index (κ1) is 19.7. The van der Waals surface area contributed by atoms with Crippen LogP contribution >= 0.6 is 11.8 Å². The number of hydrogen-bond donors (Lipinski definition) is 1. The van der Waals surface area contributed by atoms with Crippen molar-refractivity contribution >= 4 is 23.6 Å². The van der Waals surface area contributed by atoms with Gasteiger partial charge in [-0.1, -0.05) is 49.0 Å². The van der Waals surface area contributed by atoms with Crippen LogP contribution in [-0.2, 0) is 16.1 Å². The van der Waals surface area contributed by atoms with E-state index in [0.29, 0.717) is 26.3 Å². The van der Waals surface area contributed by atoms with Crippen molar-refractivity contribution in [3.63, 3.8) is 0 Å². The van der Waals surface area contributed by atoms with Crippen molar-refractivity contribution in [3.8, 4) is 0 Å². The second kappa shape index (κ2) is 9.75. The fraction of sp³-hybridized carbons (Fsp3) is 0.526. The van der Waals surface area contributed by atoms with Gasteiger partial charge in [0.15, 0.2) is 5.16 Å². The third-order valence-corrected chi connectivity index (χ3v) is 5.46. The lowest BCUT2D eigenvalue weighted by atomic mass is 10.2. The van der Waals surface area contributed by atoms with Crippen LogP contribution in [0.25, 0.3) is 0 Å². The number of benzene rings is 1. The van der Waals surface area contributed by atoms with Crippen molar-refractivity contribution in [2.45, 2.75) is 37.2 Å². The zero-order valence-corrected chi connectivity index (χ0v) is 16.7. The van der Waals surface area contributed by atoms with E-state index in [-0.39, 0.29) is 11.2 Å². The molecule has 0 unspecified atom stereocenters. The molecule has 146 valence electrons. The molecule has 1 aromatic carbocycles. The van der Waals surface area contributed by atoms with Gasteiger partial charge in [0.1, 0.15) is 0 Å². The Kier molecular flexibility index (Phi) is 7.11. The van der Waals surface area contributed by atoms with Crippen molar-refractivity contribution in [2.75, 3.05) is 37.7 Å². The molecule has 1 saturated heterocycles. The molecule has 3 rings (SSSR count). The first-order chi connectivity index (χ1) is 13.2. The molecule has 2 aromatic rings. The number of carbonyl (C=O) groups excluding carboxylic acids is 1. The van der Waals surface area contributed by atoms with Crippen LogP contribution in [0.4, 0.5) is 5.95 Å². The summed E-state index contributed by atoms with van der Waals surface area (Å²) in [5.41, 5.74) is 1.18. The molecule has 1 aliphatic heterocycles. The number of carbonyl (C=O) groups is 1. The average molecular weight is 390 g/mol. The summed E-state index contributed by atoms with van der Waals surface area (Å²) >= 11 is 1.45. The number of thioether (sulfide) groups is 1. The number of amides is 1. The van der Waals surface area contributed by atoms with E-state index in [4.69, 9.17) is 4.74 Å². The number of hydrogen-bond acceptors (Lipinski definition) is 6. The number of morpholine rings is 1. The Morgan fingerprint density at radius 3 is 2.70 bits per heavy atom. The van der Waals surface area contributed by atoms with E-state index in [0.717, 1.165) is 30.6 Å². The summed E-state index contributed by atoms with van der Waals surface area (Å²) in [5.74, 6) is 0.870. The van der Waals surface area contributed by atoms with E-state index in [1.165, 1.54) is 17.3 Å². The number of rotatable bonds is 8. The number of aromatic nitrogens is 3. The van der Waals surface area contributed by atoms with Crippen molar-refractivity contribution < 1.29 is 9.53 Å². The van der Waals surface area contributed by atoms with Gasteiger partial charge in [0.25, 0.3) is 0 Å². The smallest absolute Gasteiger partial charge is 0.233 e. The molecule has 0 bridgehead atoms. The summed E-state index contributed by atoms with van der Waals surface area (Å²) in [7, 11) is 0. The van der Waals surface area contributed by atoms with Gasteiger partial charge in [0.05, 0.1) is 25.0 Å². The third kappa shape index (κ3) is 5.23. The van der Waals surface area contributed by atoms with Crippen LogP contribution in [0.1, 0.15) is 25.8 Å². The maximum Gasteiger partial charge on any atom is 0.233 e. The molecule has 1 fully saturated rings. The van der Waals surface area contributed by atoms with Crippen LogP contribution in [0.5, 0.6) is 0 Å². The van der Waals surface area contributed by atoms with Gasteiger partial charge < -0.3 is 15.0 Å². The first-order valence-corrected chi connectivity index (χ1v) is 10.3. The van der Waals surface area contributed by atoms with Gasteiger partial charge in [-0.05, 0) is 18.9 Å². The molecule has 7 nitrogen and oxygen atoms in total. The summed E-state index contributed by atoms with van der Waals surface area (Å²) in [6.45, 7) is 8.29. The molecular weight excluding hydrogens is 362 g/mol. The van der Waals surface area contributed by atoms with E-state index < -0.39 is 0 Å². The zero-order chi connectivity index (χ0) is 19.1. The monoisotopic (exact) mass is 389 g/mol. The minimum absolute atomic E-state index is 0.0315. The van der Waals surface area contributed by atoms with Gasteiger partial charge in [-0.25, -0.2) is 0 Å². The molecule has 1 aromatic heterocycles. The van der Waals surface area contributed by atoms with Crippen LogP contribution < -0.4 is 10.2 Å². The van der Waals surface area contributed by atoms with E-state index in [2.05, 4.69) is 37.1 Å². The highest BCUT2D eigenvalue weighted by Crippen LogP contribution is 2.27. The summed E-state index contributed by atoms with van der Waals surface area (Å²) < 4.78 is 7.57. The second-order valence-corrected chi connectivity index (χ2v) is 7.81. The lowest BCUT2D eigenvalue weighted by Crippen LogP contribution is -2.38. The highest BCUT2D eigenvalue weighted by molar-refractivity contribution is 8.00. The fourth-order valence-corrected chi connectivity index (χ4v) is 3.74. The molecule has 0 saturated carbocycles. The standard InChI is InChI=1S/C19H27N5O2S/c1-3-9-20-17(25)15(2)27-19-22-21-18(23-10-12-26-13-11-23)24(19)14-16-7-5-4-6-8-16/h4-8,15H,3,9-14H2,1-2H3,(H,20,25)/t15-/m0/s1. The summed E-state index contributed by atoms with van der Waals surface area (Å²) in [6, 6.07) is 10.3. The Labute approximate surface area is 164 Å². The Bertz CT molecular complexity index is 731. The molecule has 0 aliphatic carbocycles. The second-order valence-electron chi connectivity index (χ2n) is 6.50. The summed E-state index contributed by atoms with van der Waals surface area (Å²) in [4.78, 5) is 14.5. The lowest BCUT2D eigenvalue weighted by molar-refractivity contribution is -0.120. The number of nitrogens with one attached hydrogen (secondary N) is 1. The maximum absolute atomic E-state index is 12.3. The minimum atomic E-state index is -0.229. The van der Waals surface area contributed by atoms with Crippen LogP contribution in [0, 0.1) is 0 Å². The van der Waals surface area contributed by atoms with E-state index in [9.17, 15) is 4.79 Å². The van der Waals surface area contributed by atoms with Gasteiger partial charge in [-0.3, -0.25) is 9.36 Å². The topological polar surface area (TPSA) is 72.3 Å². The van der Waals surface area contributed by atoms with Crippen molar-refractivity contribution in [2.24, 2.45) is 0 Å². The van der Waals surface area contributed by atoms with Gasteiger partial charge in [0, 0.05) is 19.6 Å². The minimum Gasteiger partial charge on any atom is -0.378 e. The number of anilines is 1. The normalized spacial score (nSPS) is 15.6. The van der Waals surface area contributed by atoms with Gasteiger partial charge in [-0.2, -0.15) is 0 Å². The van der Waals surface area contributed by atoms with E-state index in [1.54, 1.807) is 0 Å². The van der Waals surface area contributed by atoms with E-state index in [1.807, 2.05) is 32.0 Å². The SMILES string of the molecule is CCCNC(=O)[C@H](C)Sc1nnc(N2CCOCC2)n1Cc1ccccc1. The predicted octanol–water partition coefficient (Wildman–Crippen LogP) is 2.17. The fourth-order valence-electron chi connectivity index (χ4n) is 2.87. The predicted molar refractivity (Wildman–Crippen MR) is 107 cm³/mol. The van der Waals surface area contributed by atoms with Crippen LogP contribution in [-0.4, -0.2) is 58.8 Å². The molecule has 1 aliphatic rings. The molecule has 2 heterocycles. The van der Waals surface area contributed by atoms with Gasteiger partial charge in [0.2, 0.25) is 11.9 Å². The Morgan fingerprint density at radius 1 is 1.26 bits per heavy atom. The largest absolute Gasteiger partial charge is 0.378 e. The first-order valence-electron chi connectivity index (χ1n) is 9.43. The van der Waals surface area contributed by atoms with Crippen LogP contribution in [0.3, 0.4) is 0 Å². The van der Waals surface area contributed by atoms with Gasteiger partial charge in [-0.15, -0.1) is 10.2 Å². The molecule has 27 heavy (non-hydrogen) atoms. The Balaban J connectivity index is 1.81. The molecule has 1 N–H and O–H groups in total. The highest BCUT2D eigenvalue weighted by Gasteiger charge is 2.23. The Morgan fingerprint density at radius 2 is 2.00 bits per heavy atom. The van der Waals surface area contributed by atoms with Crippen molar-refractivity contribution in [3.05, 3.63) is 35.9 Å². The number of ether oxygens (including phenoxy) is 1. The highest BCUT2D eigenvalue weighted by atomic mass is 32.2. The van der Waals surface area contributed by atoms with Gasteiger partial charge >= 0.3 is 0 Å². The van der Waals surface area contributed by atoms with Crippen LogP contribution in [0.2, 0.25) is 0 Å². The lowest BCUT2D eigenvalue weighted by Gasteiger charge is -2.28. The third-order valence-electron chi connectivity index (χ3n) is 4.38. The molecule has 1 atom stereocenters. The molecule has 0 radical (unpaired) electrons. The van der Waals surface area contributed by atoms with E-state index >= 15 is 0 Å². The summed E-state index contributed by atoms with van der Waals surface area (Å²) in [5, 5.41) is 12.3. The maximum atomic E-state index is 12.3. The number of nitrogens with zero attached hydrogens (tertiary/aromatic N) is 4. The van der Waals surface area contributed by atoms with Crippen molar-refractivity contribution in [1.82, 2.24) is 20.1 Å².